The van der Waals surface area contributed by atoms with Crippen LogP contribution in [0.1, 0.15) is 17.7 Å². The first kappa shape index (κ1) is 27.0. The maximum Gasteiger partial charge on any atom is 0.316 e. The average molecular weight is 554 g/mol. The Morgan fingerprint density at radius 2 is 1.97 bits per heavy atom. The summed E-state index contributed by atoms with van der Waals surface area (Å²) in [7, 11) is 3.70. The summed E-state index contributed by atoms with van der Waals surface area (Å²) in [5.41, 5.74) is 3.60. The number of amides is 1. The molecule has 0 fully saturated rings. The predicted octanol–water partition coefficient (Wildman–Crippen LogP) is 4.92. The molecule has 1 atom stereocenters. The number of nitrogens with zero attached hydrogens (tertiary/aromatic N) is 6. The molecule has 196 valence electrons. The predicted molar refractivity (Wildman–Crippen MR) is 148 cm³/mol. The summed E-state index contributed by atoms with van der Waals surface area (Å²) < 4.78 is 1.60. The molecule has 12 heteroatoms. The Morgan fingerprint density at radius 3 is 2.66 bits per heavy atom. The molecule has 0 aliphatic rings. The van der Waals surface area contributed by atoms with E-state index in [-0.39, 0.29) is 11.4 Å². The molecule has 2 heterocycles. The van der Waals surface area contributed by atoms with E-state index in [2.05, 4.69) is 25.4 Å². The van der Waals surface area contributed by atoms with E-state index >= 15 is 0 Å². The lowest BCUT2D eigenvalue weighted by molar-refractivity contribution is -0.145. The fourth-order valence-corrected chi connectivity index (χ4v) is 4.35. The molecule has 2 aromatic carbocycles. The van der Waals surface area contributed by atoms with E-state index in [9.17, 15) is 14.7 Å². The zero-order chi connectivity index (χ0) is 27.4. The molecule has 10 nitrogen and oxygen atoms in total. The van der Waals surface area contributed by atoms with Crippen molar-refractivity contribution in [2.75, 3.05) is 19.4 Å². The first-order valence-electron chi connectivity index (χ1n) is 11.6. The first-order chi connectivity index (χ1) is 18.1. The van der Waals surface area contributed by atoms with Crippen molar-refractivity contribution in [3.05, 3.63) is 70.1 Å². The average Bonchev–Trinajstić information content (AvgIpc) is 3.19. The van der Waals surface area contributed by atoms with Gasteiger partial charge in [-0.3, -0.25) is 9.59 Å². The van der Waals surface area contributed by atoms with Crippen molar-refractivity contribution in [2.24, 2.45) is 10.9 Å². The molecular formula is C26H25Cl2N7O3. The number of carbonyl (C=O) groups excluding carboxylic acids is 1. The number of aliphatic carboxylic acids is 1. The van der Waals surface area contributed by atoms with E-state index < -0.39 is 17.8 Å². The zero-order valence-electron chi connectivity index (χ0n) is 20.9. The normalized spacial score (nSPS) is 12.1. The first-order valence-corrected chi connectivity index (χ1v) is 12.4. The number of anilines is 1. The van der Waals surface area contributed by atoms with Crippen molar-refractivity contribution >= 4 is 64.0 Å². The summed E-state index contributed by atoms with van der Waals surface area (Å²) >= 11 is 12.6. The molecule has 2 N–H and O–H groups in total. The van der Waals surface area contributed by atoms with Gasteiger partial charge in [-0.15, -0.1) is 0 Å². The zero-order valence-corrected chi connectivity index (χ0v) is 22.4. The number of aromatic nitrogens is 4. The molecule has 2 aromatic heterocycles. The monoisotopic (exact) mass is 553 g/mol. The molecular weight excluding hydrogens is 529 g/mol. The van der Waals surface area contributed by atoms with Crippen LogP contribution >= 0.6 is 23.2 Å². The van der Waals surface area contributed by atoms with Gasteiger partial charge in [0.05, 0.1) is 22.7 Å². The lowest BCUT2D eigenvalue weighted by atomic mass is 9.98. The second-order valence-electron chi connectivity index (χ2n) is 8.81. The van der Waals surface area contributed by atoms with Crippen LogP contribution in [0.15, 0.2) is 53.8 Å². The van der Waals surface area contributed by atoms with Gasteiger partial charge in [0, 0.05) is 24.8 Å². The van der Waals surface area contributed by atoms with Crippen molar-refractivity contribution in [2.45, 2.75) is 19.8 Å². The molecule has 38 heavy (non-hydrogen) atoms. The summed E-state index contributed by atoms with van der Waals surface area (Å²) in [4.78, 5) is 39.5. The van der Waals surface area contributed by atoms with Gasteiger partial charge in [-0.1, -0.05) is 35.3 Å². The van der Waals surface area contributed by atoms with Crippen LogP contribution in [0.3, 0.4) is 0 Å². The quantitative estimate of drug-likeness (QED) is 0.171. The molecule has 0 aliphatic heterocycles. The molecule has 0 unspecified atom stereocenters. The summed E-state index contributed by atoms with van der Waals surface area (Å²) in [5, 5.41) is 17.7. The van der Waals surface area contributed by atoms with Crippen molar-refractivity contribution in [3.8, 4) is 5.69 Å². The van der Waals surface area contributed by atoms with Crippen LogP contribution in [-0.2, 0) is 16.0 Å². The van der Waals surface area contributed by atoms with Crippen LogP contribution in [0.2, 0.25) is 10.0 Å². The second-order valence-corrected chi connectivity index (χ2v) is 9.66. The van der Waals surface area contributed by atoms with Crippen LogP contribution in [-0.4, -0.2) is 62.1 Å². The minimum atomic E-state index is -1.25. The Morgan fingerprint density at radius 1 is 1.18 bits per heavy atom. The minimum Gasteiger partial charge on any atom is -0.481 e. The lowest BCUT2D eigenvalue weighted by Crippen LogP contribution is -2.30. The van der Waals surface area contributed by atoms with Gasteiger partial charge in [0.25, 0.3) is 0 Å². The van der Waals surface area contributed by atoms with Gasteiger partial charge >= 0.3 is 5.97 Å². The van der Waals surface area contributed by atoms with Gasteiger partial charge in [-0.25, -0.2) is 19.6 Å². The number of nitrogens with one attached hydrogen (secondary N) is 1. The third kappa shape index (κ3) is 6.09. The van der Waals surface area contributed by atoms with E-state index in [0.717, 1.165) is 5.56 Å². The van der Waals surface area contributed by atoms with Crippen LogP contribution in [0.25, 0.3) is 16.7 Å². The van der Waals surface area contributed by atoms with Crippen molar-refractivity contribution < 1.29 is 14.7 Å². The smallest absolute Gasteiger partial charge is 0.316 e. The van der Waals surface area contributed by atoms with E-state index in [1.165, 1.54) is 6.33 Å². The molecule has 0 saturated carbocycles. The molecule has 0 radical (unpaired) electrons. The number of carboxylic acids is 1. The van der Waals surface area contributed by atoms with E-state index in [4.69, 9.17) is 23.2 Å². The third-order valence-electron chi connectivity index (χ3n) is 5.69. The minimum absolute atomic E-state index is 0.113. The van der Waals surface area contributed by atoms with Gasteiger partial charge < -0.3 is 15.3 Å². The molecule has 4 rings (SSSR count). The highest BCUT2D eigenvalue weighted by molar-refractivity contribution is 6.33. The fraction of sp³-hybridized carbons (Fsp3) is 0.231. The van der Waals surface area contributed by atoms with Crippen LogP contribution in [0.5, 0.6) is 0 Å². The SMILES string of the molecule is Cc1nn(-c2ccc(NC(=O)[C@@H](CCc3cccc(Cl)c3)C(=O)O)cc2Cl)c2c(N=CN(C)C)ncnc12. The third-order valence-corrected chi connectivity index (χ3v) is 6.22. The van der Waals surface area contributed by atoms with Crippen molar-refractivity contribution in [1.82, 2.24) is 24.6 Å². The highest BCUT2D eigenvalue weighted by atomic mass is 35.5. The number of benzene rings is 2. The van der Waals surface area contributed by atoms with Gasteiger partial charge in [0.1, 0.15) is 23.3 Å². The fourth-order valence-electron chi connectivity index (χ4n) is 3.87. The van der Waals surface area contributed by atoms with Crippen molar-refractivity contribution in [3.63, 3.8) is 0 Å². The van der Waals surface area contributed by atoms with Gasteiger partial charge in [-0.2, -0.15) is 5.10 Å². The number of hydrogen-bond donors (Lipinski definition) is 2. The van der Waals surface area contributed by atoms with Gasteiger partial charge in [-0.05, 0) is 55.7 Å². The molecule has 4 aromatic rings. The van der Waals surface area contributed by atoms with Gasteiger partial charge in [0.15, 0.2) is 5.82 Å². The number of fused-ring (bicyclic) bond motifs is 1. The Kier molecular flexibility index (Phi) is 8.23. The van der Waals surface area contributed by atoms with E-state index in [0.29, 0.717) is 45.4 Å². The molecule has 0 aliphatic carbocycles. The Balaban J connectivity index is 1.58. The van der Waals surface area contributed by atoms with Crippen molar-refractivity contribution in [1.29, 1.82) is 0 Å². The summed E-state index contributed by atoms with van der Waals surface area (Å²) in [5.74, 6) is -2.69. The van der Waals surface area contributed by atoms with Crippen LogP contribution in [0.4, 0.5) is 11.5 Å². The number of aliphatic imine (C=N–C) groups is 1. The number of aryl methyl sites for hydroxylation is 2. The number of carboxylic acid groups (broad SMARTS) is 1. The number of rotatable bonds is 9. The second kappa shape index (κ2) is 11.6. The number of halogens is 2. The Labute approximate surface area is 228 Å². The molecule has 0 saturated heterocycles. The maximum atomic E-state index is 12.8. The highest BCUT2D eigenvalue weighted by Gasteiger charge is 2.26. The largest absolute Gasteiger partial charge is 0.481 e. The van der Waals surface area contributed by atoms with Gasteiger partial charge in [0.2, 0.25) is 5.91 Å². The Bertz CT molecular complexity index is 1530. The highest BCUT2D eigenvalue weighted by Crippen LogP contribution is 2.31. The van der Waals surface area contributed by atoms with Crippen LogP contribution < -0.4 is 5.32 Å². The van der Waals surface area contributed by atoms with E-state index in [1.54, 1.807) is 52.3 Å². The lowest BCUT2D eigenvalue weighted by Gasteiger charge is -2.14. The van der Waals surface area contributed by atoms with E-state index in [1.807, 2.05) is 27.1 Å². The van der Waals surface area contributed by atoms with Crippen LogP contribution in [0, 0.1) is 12.8 Å². The molecule has 1 amide bonds. The summed E-state index contributed by atoms with van der Waals surface area (Å²) in [6.07, 6.45) is 3.55. The maximum absolute atomic E-state index is 12.8. The topological polar surface area (TPSA) is 126 Å². The number of carbonyl (C=O) groups is 2. The standard InChI is InChI=1S/C26H25Cl2N7O3/c1-15-22-23(24(30-13-29-22)31-14-34(2)3)35(33-15)21-10-8-18(12-20(21)28)32-25(36)19(26(37)38)9-7-16-5-4-6-17(27)11-16/h4-6,8,10-14,19H,7,9H2,1-3H3,(H,32,36)(H,37,38)/t19-/m1/s1. The summed E-state index contributed by atoms with van der Waals surface area (Å²) in [6.45, 7) is 1.82. The molecule has 0 bridgehead atoms. The summed E-state index contributed by atoms with van der Waals surface area (Å²) in [6, 6.07) is 12.0. The Hall–Kier alpha value is -4.02. The molecule has 0 spiro atoms. The number of hydrogen-bond acceptors (Lipinski definition) is 6.